The van der Waals surface area contributed by atoms with E-state index in [0.29, 0.717) is 12.4 Å². The van der Waals surface area contributed by atoms with Gasteiger partial charge < -0.3 is 24.4 Å². The Bertz CT molecular complexity index is 1240. The third-order valence-electron chi connectivity index (χ3n) is 6.21. The van der Waals surface area contributed by atoms with Crippen LogP contribution in [0.15, 0.2) is 33.9 Å². The van der Waals surface area contributed by atoms with E-state index in [1.165, 1.54) is 11.6 Å². The average Bonchev–Trinajstić information content (AvgIpc) is 3.19. The topological polar surface area (TPSA) is 118 Å². The molecule has 0 spiro atoms. The summed E-state index contributed by atoms with van der Waals surface area (Å²) in [4.78, 5) is 34.4. The summed E-state index contributed by atoms with van der Waals surface area (Å²) in [5, 5.41) is 19.5. The molecule has 3 aromatic rings. The fraction of sp³-hybridized carbons (Fsp3) is 0.500. The predicted molar refractivity (Wildman–Crippen MR) is 124 cm³/mol. The van der Waals surface area contributed by atoms with Crippen molar-refractivity contribution in [3.8, 4) is 5.75 Å². The Morgan fingerprint density at radius 2 is 1.73 bits per heavy atom. The number of anilines is 1. The lowest BCUT2D eigenvalue weighted by Crippen LogP contribution is -2.46. The number of piperazine rings is 1. The number of aliphatic hydroxyl groups excluding tert-OH is 2. The highest BCUT2D eigenvalue weighted by Crippen LogP contribution is 2.21. The van der Waals surface area contributed by atoms with Crippen LogP contribution in [0.2, 0.25) is 0 Å². The Morgan fingerprint density at radius 1 is 1.06 bits per heavy atom. The van der Waals surface area contributed by atoms with Gasteiger partial charge in [0.1, 0.15) is 11.6 Å². The first kappa shape index (κ1) is 23.0. The Balaban J connectivity index is 1.59. The van der Waals surface area contributed by atoms with Gasteiger partial charge in [-0.15, -0.1) is 0 Å². The number of hydrogen-bond donors (Lipinski definition) is 2. The number of rotatable bonds is 7. The van der Waals surface area contributed by atoms with Crippen molar-refractivity contribution in [2.45, 2.75) is 19.2 Å². The second kappa shape index (κ2) is 9.38. The molecule has 0 radical (unpaired) electrons. The quantitative estimate of drug-likeness (QED) is 0.469. The van der Waals surface area contributed by atoms with Crippen molar-refractivity contribution in [3.05, 3.63) is 50.9 Å². The van der Waals surface area contributed by atoms with Gasteiger partial charge in [-0.1, -0.05) is 0 Å². The number of ether oxygens (including phenoxy) is 1. The minimum Gasteiger partial charge on any atom is -0.497 e. The van der Waals surface area contributed by atoms with E-state index in [0.717, 1.165) is 42.2 Å². The number of nitrogens with zero attached hydrogens (tertiary/aromatic N) is 6. The fourth-order valence-electron chi connectivity index (χ4n) is 4.23. The molecular formula is C22H30N6O5. The first-order valence-electron chi connectivity index (χ1n) is 10.9. The molecule has 0 saturated carbocycles. The Kier molecular flexibility index (Phi) is 6.54. The summed E-state index contributed by atoms with van der Waals surface area (Å²) >= 11 is 0. The van der Waals surface area contributed by atoms with Gasteiger partial charge in [-0.05, 0) is 24.3 Å². The number of hydrogen-bond acceptors (Lipinski definition) is 8. The van der Waals surface area contributed by atoms with Gasteiger partial charge in [-0.25, -0.2) is 9.78 Å². The highest BCUT2D eigenvalue weighted by Gasteiger charge is 2.24. The summed E-state index contributed by atoms with van der Waals surface area (Å²) in [6.45, 7) is 3.26. The molecule has 11 nitrogen and oxygen atoms in total. The molecule has 0 unspecified atom stereocenters. The highest BCUT2D eigenvalue weighted by atomic mass is 16.5. The van der Waals surface area contributed by atoms with Crippen LogP contribution in [0, 0.1) is 0 Å². The van der Waals surface area contributed by atoms with E-state index in [2.05, 4.69) is 14.8 Å². The van der Waals surface area contributed by atoms with Gasteiger partial charge in [-0.3, -0.25) is 18.8 Å². The fourth-order valence-corrected chi connectivity index (χ4v) is 4.23. The van der Waals surface area contributed by atoms with Crippen LogP contribution < -0.4 is 20.9 Å². The van der Waals surface area contributed by atoms with Crippen LogP contribution in [0.4, 0.5) is 5.69 Å². The molecule has 3 heterocycles. The van der Waals surface area contributed by atoms with E-state index in [9.17, 15) is 19.8 Å². The second-order valence-electron chi connectivity index (χ2n) is 8.31. The molecule has 1 fully saturated rings. The molecule has 1 aromatic carbocycles. The molecule has 1 aliphatic rings. The standard InChI is InChI=1S/C22H30N6O5/c1-24-20-19(21(31)25(2)22(24)32)28(12-16(30)14-29)18(23-20)13-26-8-10-27(11-9-26)15-4-6-17(33-3)7-5-15/h4-7,16,29-30H,8-14H2,1-3H3/t16-/m0/s1. The van der Waals surface area contributed by atoms with Crippen molar-refractivity contribution < 1.29 is 14.9 Å². The summed E-state index contributed by atoms with van der Waals surface area (Å²) in [7, 11) is 4.64. The lowest BCUT2D eigenvalue weighted by Gasteiger charge is -2.36. The zero-order chi connectivity index (χ0) is 23.7. The number of aryl methyl sites for hydroxylation is 1. The van der Waals surface area contributed by atoms with Crippen LogP contribution in [-0.2, 0) is 27.2 Å². The van der Waals surface area contributed by atoms with Gasteiger partial charge in [0.05, 0.1) is 32.9 Å². The summed E-state index contributed by atoms with van der Waals surface area (Å²) in [5.41, 5.74) is 0.729. The van der Waals surface area contributed by atoms with Crippen LogP contribution >= 0.6 is 0 Å². The van der Waals surface area contributed by atoms with Crippen molar-refractivity contribution in [2.75, 3.05) is 44.8 Å². The van der Waals surface area contributed by atoms with Crippen molar-refractivity contribution in [1.82, 2.24) is 23.6 Å². The zero-order valence-corrected chi connectivity index (χ0v) is 19.1. The highest BCUT2D eigenvalue weighted by molar-refractivity contribution is 5.71. The minimum absolute atomic E-state index is 0.0155. The summed E-state index contributed by atoms with van der Waals surface area (Å²) in [6, 6.07) is 7.98. The third kappa shape index (κ3) is 4.39. The van der Waals surface area contributed by atoms with Crippen LogP contribution in [0.1, 0.15) is 5.82 Å². The van der Waals surface area contributed by atoms with Crippen molar-refractivity contribution in [2.24, 2.45) is 14.1 Å². The summed E-state index contributed by atoms with van der Waals surface area (Å²) in [5.74, 6) is 1.40. The molecule has 1 aliphatic heterocycles. The molecule has 0 aliphatic carbocycles. The maximum absolute atomic E-state index is 12.9. The molecule has 1 atom stereocenters. The van der Waals surface area contributed by atoms with E-state index >= 15 is 0 Å². The van der Waals surface area contributed by atoms with Crippen molar-refractivity contribution >= 4 is 16.9 Å². The zero-order valence-electron chi connectivity index (χ0n) is 19.1. The van der Waals surface area contributed by atoms with Gasteiger partial charge in [0.2, 0.25) is 0 Å². The van der Waals surface area contributed by atoms with E-state index in [1.807, 2.05) is 24.3 Å². The molecule has 4 rings (SSSR count). The largest absolute Gasteiger partial charge is 0.497 e. The smallest absolute Gasteiger partial charge is 0.332 e. The second-order valence-corrected chi connectivity index (χ2v) is 8.31. The Hall–Kier alpha value is -3.15. The lowest BCUT2D eigenvalue weighted by atomic mass is 10.2. The normalized spacial score (nSPS) is 15.8. The number of methoxy groups -OCH3 is 1. The lowest BCUT2D eigenvalue weighted by molar-refractivity contribution is 0.0806. The van der Waals surface area contributed by atoms with E-state index in [-0.39, 0.29) is 17.7 Å². The van der Waals surface area contributed by atoms with Crippen LogP contribution in [0.3, 0.4) is 0 Å². The SMILES string of the molecule is COc1ccc(N2CCN(Cc3nc4c(c(=O)n(C)c(=O)n4C)n3C[C@H](O)CO)CC2)cc1. The van der Waals surface area contributed by atoms with Gasteiger partial charge in [-0.2, -0.15) is 0 Å². The van der Waals surface area contributed by atoms with Gasteiger partial charge in [0.25, 0.3) is 5.56 Å². The maximum atomic E-state index is 12.9. The van der Waals surface area contributed by atoms with Crippen molar-refractivity contribution in [1.29, 1.82) is 0 Å². The first-order valence-corrected chi connectivity index (χ1v) is 10.9. The summed E-state index contributed by atoms with van der Waals surface area (Å²) < 4.78 is 9.23. The van der Waals surface area contributed by atoms with E-state index < -0.39 is 24.0 Å². The molecule has 0 amide bonds. The van der Waals surface area contributed by atoms with E-state index in [4.69, 9.17) is 4.74 Å². The number of aliphatic hydroxyl groups is 2. The Morgan fingerprint density at radius 3 is 2.33 bits per heavy atom. The van der Waals surface area contributed by atoms with Gasteiger partial charge in [0.15, 0.2) is 11.2 Å². The molecule has 178 valence electrons. The minimum atomic E-state index is -1.05. The molecule has 0 bridgehead atoms. The van der Waals surface area contributed by atoms with Gasteiger partial charge >= 0.3 is 5.69 Å². The monoisotopic (exact) mass is 458 g/mol. The van der Waals surface area contributed by atoms with Crippen LogP contribution in [0.25, 0.3) is 11.2 Å². The molecule has 1 saturated heterocycles. The third-order valence-corrected chi connectivity index (χ3v) is 6.21. The number of fused-ring (bicyclic) bond motifs is 1. The maximum Gasteiger partial charge on any atom is 0.332 e. The Labute approximate surface area is 190 Å². The van der Waals surface area contributed by atoms with Gasteiger partial charge in [0, 0.05) is 46.0 Å². The number of imidazole rings is 1. The molecular weight excluding hydrogens is 428 g/mol. The average molecular weight is 459 g/mol. The molecule has 2 aromatic heterocycles. The predicted octanol–water partition coefficient (Wildman–Crippen LogP) is -0.882. The number of aromatic nitrogens is 4. The molecule has 2 N–H and O–H groups in total. The van der Waals surface area contributed by atoms with Crippen molar-refractivity contribution in [3.63, 3.8) is 0 Å². The molecule has 33 heavy (non-hydrogen) atoms. The van der Waals surface area contributed by atoms with Crippen LogP contribution in [0.5, 0.6) is 5.75 Å². The first-order chi connectivity index (χ1) is 15.8. The van der Waals surface area contributed by atoms with Crippen LogP contribution in [-0.4, -0.2) is 79.8 Å². The number of benzene rings is 1. The van der Waals surface area contributed by atoms with E-state index in [1.54, 1.807) is 18.7 Å². The summed E-state index contributed by atoms with van der Waals surface area (Å²) in [6.07, 6.45) is -1.05. The molecule has 11 heteroatoms.